The summed E-state index contributed by atoms with van der Waals surface area (Å²) in [6.07, 6.45) is 5.16. The standard InChI is InChI=1S/C20H39N5OS/c1-18-4-9-24(10-5-18)8-3-7-22-19(21-2)23-16-20(6-15-27-17-20)25-11-13-26-14-12-25/h18H,3-17H2,1-2H3,(H2,21,22,23). The summed E-state index contributed by atoms with van der Waals surface area (Å²) in [7, 11) is 1.88. The van der Waals surface area contributed by atoms with Crippen molar-refractivity contribution in [1.82, 2.24) is 20.4 Å². The van der Waals surface area contributed by atoms with Gasteiger partial charge in [-0.1, -0.05) is 6.92 Å². The molecule has 0 amide bonds. The lowest BCUT2D eigenvalue weighted by Crippen LogP contribution is -2.60. The van der Waals surface area contributed by atoms with Gasteiger partial charge in [0.2, 0.25) is 0 Å². The smallest absolute Gasteiger partial charge is 0.191 e. The van der Waals surface area contributed by atoms with Crippen molar-refractivity contribution < 1.29 is 4.74 Å². The Hall–Kier alpha value is -0.500. The van der Waals surface area contributed by atoms with Gasteiger partial charge in [0, 0.05) is 44.5 Å². The molecule has 3 aliphatic rings. The Balaban J connectivity index is 1.37. The molecule has 3 saturated heterocycles. The van der Waals surface area contributed by atoms with Gasteiger partial charge < -0.3 is 20.3 Å². The van der Waals surface area contributed by atoms with Crippen molar-refractivity contribution in [1.29, 1.82) is 0 Å². The van der Waals surface area contributed by atoms with E-state index in [0.717, 1.165) is 51.3 Å². The maximum absolute atomic E-state index is 5.56. The fraction of sp³-hybridized carbons (Fsp3) is 0.950. The Bertz CT molecular complexity index is 455. The average Bonchev–Trinajstić information content (AvgIpc) is 3.20. The summed E-state index contributed by atoms with van der Waals surface area (Å²) >= 11 is 2.08. The van der Waals surface area contributed by atoms with Crippen molar-refractivity contribution in [3.8, 4) is 0 Å². The highest BCUT2D eigenvalue weighted by Gasteiger charge is 2.40. The van der Waals surface area contributed by atoms with Crippen LogP contribution in [-0.2, 0) is 4.74 Å². The third kappa shape index (κ3) is 6.24. The average molecular weight is 398 g/mol. The minimum atomic E-state index is 0.260. The molecule has 3 fully saturated rings. The van der Waals surface area contributed by atoms with E-state index in [1.165, 1.54) is 56.8 Å². The van der Waals surface area contributed by atoms with Crippen LogP contribution < -0.4 is 10.6 Å². The summed E-state index contributed by atoms with van der Waals surface area (Å²) < 4.78 is 5.56. The molecule has 156 valence electrons. The number of hydrogen-bond donors (Lipinski definition) is 2. The first-order valence-corrected chi connectivity index (χ1v) is 11.9. The molecule has 0 radical (unpaired) electrons. The highest BCUT2D eigenvalue weighted by Crippen LogP contribution is 2.33. The van der Waals surface area contributed by atoms with Gasteiger partial charge in [0.15, 0.2) is 5.96 Å². The largest absolute Gasteiger partial charge is 0.379 e. The Kier molecular flexibility index (Phi) is 8.55. The third-order valence-electron chi connectivity index (χ3n) is 6.39. The normalized spacial score (nSPS) is 29.2. The van der Waals surface area contributed by atoms with Crippen LogP contribution >= 0.6 is 11.8 Å². The lowest BCUT2D eigenvalue weighted by atomic mass is 9.95. The number of guanidine groups is 1. The summed E-state index contributed by atoms with van der Waals surface area (Å²) in [5.41, 5.74) is 0.260. The molecule has 0 spiro atoms. The van der Waals surface area contributed by atoms with Crippen LogP contribution in [0.4, 0.5) is 0 Å². The van der Waals surface area contributed by atoms with Gasteiger partial charge in [0.1, 0.15) is 0 Å². The molecule has 3 aliphatic heterocycles. The summed E-state index contributed by atoms with van der Waals surface area (Å²) in [6, 6.07) is 0. The van der Waals surface area contributed by atoms with Crippen LogP contribution in [0, 0.1) is 5.92 Å². The van der Waals surface area contributed by atoms with Crippen molar-refractivity contribution in [2.45, 2.75) is 38.1 Å². The fourth-order valence-electron chi connectivity index (χ4n) is 4.40. The predicted molar refractivity (Wildman–Crippen MR) is 116 cm³/mol. The lowest BCUT2D eigenvalue weighted by Gasteiger charge is -2.43. The molecular formula is C20H39N5OS. The van der Waals surface area contributed by atoms with Crippen LogP contribution in [0.5, 0.6) is 0 Å². The SMILES string of the molecule is CN=C(NCCCN1CCC(C)CC1)NCC1(N2CCOCC2)CCSC1. The number of likely N-dealkylation sites (tertiary alicyclic amines) is 1. The van der Waals surface area contributed by atoms with Crippen LogP contribution in [0.1, 0.15) is 32.6 Å². The first-order chi connectivity index (χ1) is 13.2. The number of ether oxygens (including phenoxy) is 1. The number of rotatable bonds is 7. The molecule has 0 aromatic heterocycles. The minimum absolute atomic E-state index is 0.260. The molecule has 0 aliphatic carbocycles. The number of morpholine rings is 1. The number of nitrogens with zero attached hydrogens (tertiary/aromatic N) is 3. The number of thioether (sulfide) groups is 1. The molecule has 1 atom stereocenters. The van der Waals surface area contributed by atoms with E-state index in [1.807, 2.05) is 7.05 Å². The summed E-state index contributed by atoms with van der Waals surface area (Å²) in [6.45, 7) is 11.9. The molecular weight excluding hydrogens is 358 g/mol. The van der Waals surface area contributed by atoms with E-state index in [0.29, 0.717) is 0 Å². The number of hydrogen-bond acceptors (Lipinski definition) is 5. The summed E-state index contributed by atoms with van der Waals surface area (Å²) in [5.74, 6) is 4.34. The molecule has 6 nitrogen and oxygen atoms in total. The van der Waals surface area contributed by atoms with Crippen LogP contribution in [0.3, 0.4) is 0 Å². The van der Waals surface area contributed by atoms with Crippen molar-refractivity contribution in [3.05, 3.63) is 0 Å². The van der Waals surface area contributed by atoms with E-state index in [4.69, 9.17) is 4.74 Å². The number of nitrogens with one attached hydrogen (secondary N) is 2. The highest BCUT2D eigenvalue weighted by atomic mass is 32.2. The van der Waals surface area contributed by atoms with E-state index >= 15 is 0 Å². The van der Waals surface area contributed by atoms with Crippen LogP contribution in [0.25, 0.3) is 0 Å². The van der Waals surface area contributed by atoms with Crippen molar-refractivity contribution >= 4 is 17.7 Å². The molecule has 0 saturated carbocycles. The molecule has 1 unspecified atom stereocenters. The molecule has 2 N–H and O–H groups in total. The molecule has 3 heterocycles. The molecule has 27 heavy (non-hydrogen) atoms. The number of piperidine rings is 1. The second-order valence-corrected chi connectivity index (χ2v) is 9.46. The first kappa shape index (κ1) is 21.2. The maximum atomic E-state index is 5.56. The third-order valence-corrected chi connectivity index (χ3v) is 7.63. The van der Waals surface area contributed by atoms with E-state index in [2.05, 4.69) is 44.1 Å². The van der Waals surface area contributed by atoms with Crippen molar-refractivity contribution in [2.24, 2.45) is 10.9 Å². The second-order valence-electron chi connectivity index (χ2n) is 8.36. The van der Waals surface area contributed by atoms with Gasteiger partial charge in [-0.2, -0.15) is 11.8 Å². The Morgan fingerprint density at radius 1 is 1.19 bits per heavy atom. The molecule has 0 aromatic carbocycles. The zero-order valence-corrected chi connectivity index (χ0v) is 18.2. The second kappa shape index (κ2) is 10.9. The Morgan fingerprint density at radius 2 is 1.96 bits per heavy atom. The highest BCUT2D eigenvalue weighted by molar-refractivity contribution is 7.99. The predicted octanol–water partition coefficient (Wildman–Crippen LogP) is 1.48. The van der Waals surface area contributed by atoms with E-state index in [-0.39, 0.29) is 5.54 Å². The van der Waals surface area contributed by atoms with Crippen molar-refractivity contribution in [2.75, 3.05) is 77.6 Å². The Labute approximate surface area is 169 Å². The zero-order valence-electron chi connectivity index (χ0n) is 17.3. The molecule has 7 heteroatoms. The quantitative estimate of drug-likeness (QED) is 0.386. The van der Waals surface area contributed by atoms with Crippen LogP contribution in [-0.4, -0.2) is 98.9 Å². The zero-order chi connectivity index (χ0) is 19.0. The monoisotopic (exact) mass is 397 g/mol. The topological polar surface area (TPSA) is 52.1 Å². The first-order valence-electron chi connectivity index (χ1n) is 10.8. The van der Waals surface area contributed by atoms with Gasteiger partial charge >= 0.3 is 0 Å². The van der Waals surface area contributed by atoms with Gasteiger partial charge in [-0.3, -0.25) is 9.89 Å². The van der Waals surface area contributed by atoms with Crippen LogP contribution in [0.15, 0.2) is 4.99 Å². The lowest BCUT2D eigenvalue weighted by molar-refractivity contribution is -0.0120. The van der Waals surface area contributed by atoms with E-state index in [9.17, 15) is 0 Å². The molecule has 3 rings (SSSR count). The van der Waals surface area contributed by atoms with Gasteiger partial charge in [-0.05, 0) is 57.0 Å². The minimum Gasteiger partial charge on any atom is -0.379 e. The molecule has 0 bridgehead atoms. The van der Waals surface area contributed by atoms with Crippen LogP contribution in [0.2, 0.25) is 0 Å². The van der Waals surface area contributed by atoms with Gasteiger partial charge in [-0.25, -0.2) is 0 Å². The van der Waals surface area contributed by atoms with E-state index < -0.39 is 0 Å². The molecule has 0 aromatic rings. The van der Waals surface area contributed by atoms with Gasteiger partial charge in [0.05, 0.1) is 13.2 Å². The summed E-state index contributed by atoms with van der Waals surface area (Å²) in [5, 5.41) is 7.15. The van der Waals surface area contributed by atoms with Crippen molar-refractivity contribution in [3.63, 3.8) is 0 Å². The Morgan fingerprint density at radius 3 is 2.63 bits per heavy atom. The van der Waals surface area contributed by atoms with E-state index in [1.54, 1.807) is 0 Å². The summed E-state index contributed by atoms with van der Waals surface area (Å²) in [4.78, 5) is 9.71. The maximum Gasteiger partial charge on any atom is 0.191 e. The number of aliphatic imine (C=N–C) groups is 1. The van der Waals surface area contributed by atoms with Gasteiger partial charge in [0.25, 0.3) is 0 Å². The fourth-order valence-corrected chi connectivity index (χ4v) is 5.88. The van der Waals surface area contributed by atoms with Gasteiger partial charge in [-0.15, -0.1) is 0 Å².